The van der Waals surface area contributed by atoms with Crippen LogP contribution in [0.15, 0.2) is 106 Å². The molecule has 0 aliphatic heterocycles. The van der Waals surface area contributed by atoms with Crippen molar-refractivity contribution in [3.05, 3.63) is 118 Å². The van der Waals surface area contributed by atoms with E-state index in [2.05, 4.69) is 43.1 Å². The number of benzene rings is 3. The lowest BCUT2D eigenvalue weighted by molar-refractivity contribution is 0.251. The lowest BCUT2D eigenvalue weighted by Crippen LogP contribution is -2.29. The molecule has 3 aromatic heterocycles. The van der Waals surface area contributed by atoms with Crippen LogP contribution in [0.3, 0.4) is 0 Å². The zero-order valence-electron chi connectivity index (χ0n) is 26.2. The monoisotopic (exact) mass is 746 g/mol. The van der Waals surface area contributed by atoms with Crippen LogP contribution in [-0.4, -0.2) is 52.6 Å². The Bertz CT molecular complexity index is 2150. The zero-order valence-corrected chi connectivity index (χ0v) is 29.4. The minimum atomic E-state index is -3.39. The summed E-state index contributed by atoms with van der Waals surface area (Å²) < 4.78 is 45.9. The average Bonchev–Trinajstić information content (AvgIpc) is 3.58. The predicted molar refractivity (Wildman–Crippen MR) is 191 cm³/mol. The summed E-state index contributed by atoms with van der Waals surface area (Å²) in [7, 11) is -1.46. The van der Waals surface area contributed by atoms with E-state index in [0.29, 0.717) is 34.2 Å². The number of fused-ring (bicyclic) bond motifs is 1. The molecule has 48 heavy (non-hydrogen) atoms. The minimum absolute atomic E-state index is 0.0193. The Balaban J connectivity index is 1.16. The van der Waals surface area contributed by atoms with Crippen molar-refractivity contribution in [2.75, 3.05) is 24.7 Å². The number of hydrogen-bond donors (Lipinski definition) is 1. The first-order valence-corrected chi connectivity index (χ1v) is 18.5. The van der Waals surface area contributed by atoms with Gasteiger partial charge < -0.3 is 10.1 Å². The number of aromatic nitrogens is 4. The van der Waals surface area contributed by atoms with E-state index in [4.69, 9.17) is 9.72 Å². The number of nitrogens with one attached hydrogen (secondary N) is 1. The maximum Gasteiger partial charge on any atom is 0.179 e. The molecule has 6 aromatic rings. The van der Waals surface area contributed by atoms with Crippen LogP contribution in [0.25, 0.3) is 22.3 Å². The normalized spacial score (nSPS) is 12.4. The van der Waals surface area contributed by atoms with E-state index in [-0.39, 0.29) is 24.2 Å². The number of sulfone groups is 1. The van der Waals surface area contributed by atoms with Crippen molar-refractivity contribution >= 4 is 59.5 Å². The van der Waals surface area contributed by atoms with Crippen LogP contribution in [0.2, 0.25) is 0 Å². The SMILES string of the molecule is CCC(c1nc(-c2cc3c(Nc4ccc(OCc5cccc(F)c5)c(Br)c4)ncnc3cn2)cs1)N(C)CCS(=O)(=O)c1ccccc1. The fourth-order valence-electron chi connectivity index (χ4n) is 5.22. The fourth-order valence-corrected chi connectivity index (χ4v) is 8.11. The van der Waals surface area contributed by atoms with Gasteiger partial charge in [-0.3, -0.25) is 9.88 Å². The first-order chi connectivity index (χ1) is 23.2. The maximum absolute atomic E-state index is 13.5. The van der Waals surface area contributed by atoms with Gasteiger partial charge in [0.05, 0.1) is 44.3 Å². The van der Waals surface area contributed by atoms with E-state index in [1.165, 1.54) is 29.8 Å². The van der Waals surface area contributed by atoms with Gasteiger partial charge in [0.25, 0.3) is 0 Å². The van der Waals surface area contributed by atoms with Crippen molar-refractivity contribution in [2.24, 2.45) is 0 Å². The van der Waals surface area contributed by atoms with Gasteiger partial charge in [-0.1, -0.05) is 37.3 Å². The van der Waals surface area contributed by atoms with E-state index in [0.717, 1.165) is 38.2 Å². The molecule has 246 valence electrons. The summed E-state index contributed by atoms with van der Waals surface area (Å²) in [6, 6.07) is 22.3. The van der Waals surface area contributed by atoms with Gasteiger partial charge in [0.2, 0.25) is 0 Å². The number of pyridine rings is 1. The van der Waals surface area contributed by atoms with Gasteiger partial charge in [0, 0.05) is 23.0 Å². The fraction of sp³-hybridized carbons (Fsp3) is 0.200. The first-order valence-electron chi connectivity index (χ1n) is 15.2. The predicted octanol–water partition coefficient (Wildman–Crippen LogP) is 8.23. The Hall–Kier alpha value is -4.30. The quantitative estimate of drug-likeness (QED) is 0.125. The van der Waals surface area contributed by atoms with Crippen LogP contribution >= 0.6 is 27.3 Å². The van der Waals surface area contributed by atoms with E-state index < -0.39 is 9.84 Å². The second-order valence-electron chi connectivity index (χ2n) is 11.1. The zero-order chi connectivity index (χ0) is 33.7. The summed E-state index contributed by atoms with van der Waals surface area (Å²) in [4.78, 5) is 20.8. The summed E-state index contributed by atoms with van der Waals surface area (Å²) in [5.74, 6) is 0.941. The number of hydrogen-bond acceptors (Lipinski definition) is 10. The molecular weight excluding hydrogens is 715 g/mol. The third-order valence-corrected chi connectivity index (χ3v) is 11.1. The van der Waals surface area contributed by atoms with Crippen molar-refractivity contribution in [1.29, 1.82) is 0 Å². The van der Waals surface area contributed by atoms with Gasteiger partial charge >= 0.3 is 0 Å². The highest BCUT2D eigenvalue weighted by atomic mass is 79.9. The summed E-state index contributed by atoms with van der Waals surface area (Å²) in [5.41, 5.74) is 3.58. The molecule has 1 N–H and O–H groups in total. The van der Waals surface area contributed by atoms with Gasteiger partial charge in [0.15, 0.2) is 9.84 Å². The van der Waals surface area contributed by atoms with Crippen LogP contribution in [0.4, 0.5) is 15.9 Å². The van der Waals surface area contributed by atoms with E-state index in [1.807, 2.05) is 47.7 Å². The molecule has 0 spiro atoms. The second kappa shape index (κ2) is 14.9. The van der Waals surface area contributed by atoms with Crippen molar-refractivity contribution < 1.29 is 17.5 Å². The number of thiazole rings is 1. The summed E-state index contributed by atoms with van der Waals surface area (Å²) in [6.07, 6.45) is 3.96. The van der Waals surface area contributed by atoms with Crippen LogP contribution in [0.5, 0.6) is 5.75 Å². The topological polar surface area (TPSA) is 110 Å². The van der Waals surface area contributed by atoms with Crippen molar-refractivity contribution in [1.82, 2.24) is 24.8 Å². The smallest absolute Gasteiger partial charge is 0.179 e. The number of ether oxygens (including phenoxy) is 1. The Morgan fingerprint density at radius 1 is 1.00 bits per heavy atom. The lowest BCUT2D eigenvalue weighted by Gasteiger charge is -2.25. The Labute approximate surface area is 290 Å². The van der Waals surface area contributed by atoms with Crippen LogP contribution < -0.4 is 10.1 Å². The molecule has 1 unspecified atom stereocenters. The summed E-state index contributed by atoms with van der Waals surface area (Å²) in [5, 5.41) is 7.01. The molecule has 0 fully saturated rings. The van der Waals surface area contributed by atoms with E-state index >= 15 is 0 Å². The minimum Gasteiger partial charge on any atom is -0.488 e. The molecule has 3 heterocycles. The summed E-state index contributed by atoms with van der Waals surface area (Å²) in [6.45, 7) is 2.68. The Kier molecular flexibility index (Phi) is 10.4. The molecule has 0 radical (unpaired) electrons. The number of anilines is 2. The molecule has 3 aromatic carbocycles. The standard InChI is InChI=1S/C35H32BrFN6O3S2/c1-3-32(43(2)14-15-48(44,45)26-10-5-4-6-11-26)35-42-31(21-47-35)29-18-27-30(19-38-29)39-22-40-34(27)41-25-12-13-33(28(36)17-25)46-20-23-8-7-9-24(37)16-23/h4-13,16-19,21-22,32H,3,14-15,20H2,1-2H3,(H,39,40,41). The van der Waals surface area contributed by atoms with Gasteiger partial charge in [-0.2, -0.15) is 0 Å². The third kappa shape index (κ3) is 7.87. The van der Waals surface area contributed by atoms with Crippen LogP contribution in [-0.2, 0) is 16.4 Å². The van der Waals surface area contributed by atoms with Crippen molar-refractivity contribution in [3.63, 3.8) is 0 Å². The van der Waals surface area contributed by atoms with Gasteiger partial charge in [-0.15, -0.1) is 11.3 Å². The van der Waals surface area contributed by atoms with Crippen LogP contribution in [0.1, 0.15) is 30.0 Å². The molecular formula is C35H32BrFN6O3S2. The maximum atomic E-state index is 13.5. The molecule has 0 aliphatic rings. The average molecular weight is 748 g/mol. The molecule has 0 saturated carbocycles. The summed E-state index contributed by atoms with van der Waals surface area (Å²) >= 11 is 5.11. The molecule has 0 bridgehead atoms. The number of rotatable bonds is 13. The van der Waals surface area contributed by atoms with E-state index in [1.54, 1.807) is 42.6 Å². The molecule has 1 atom stereocenters. The van der Waals surface area contributed by atoms with Gasteiger partial charge in [-0.05, 0) is 83.5 Å². The Morgan fingerprint density at radius 2 is 1.83 bits per heavy atom. The van der Waals surface area contributed by atoms with Crippen LogP contribution in [0, 0.1) is 5.82 Å². The molecule has 0 aliphatic carbocycles. The third-order valence-electron chi connectivity index (χ3n) is 7.80. The molecule has 0 amide bonds. The number of halogens is 2. The largest absolute Gasteiger partial charge is 0.488 e. The highest BCUT2D eigenvalue weighted by molar-refractivity contribution is 9.10. The highest BCUT2D eigenvalue weighted by Gasteiger charge is 2.23. The number of nitrogens with zero attached hydrogens (tertiary/aromatic N) is 5. The molecule has 9 nitrogen and oxygen atoms in total. The van der Waals surface area contributed by atoms with Gasteiger partial charge in [0.1, 0.15) is 35.3 Å². The van der Waals surface area contributed by atoms with E-state index in [9.17, 15) is 12.8 Å². The van der Waals surface area contributed by atoms with Crippen molar-refractivity contribution in [3.8, 4) is 17.1 Å². The molecule has 13 heteroatoms. The van der Waals surface area contributed by atoms with Gasteiger partial charge in [-0.25, -0.2) is 27.8 Å². The Morgan fingerprint density at radius 3 is 2.60 bits per heavy atom. The molecule has 6 rings (SSSR count). The first kappa shape index (κ1) is 33.6. The van der Waals surface area contributed by atoms with Crippen molar-refractivity contribution in [2.45, 2.75) is 30.9 Å². The second-order valence-corrected chi connectivity index (χ2v) is 15.0. The lowest BCUT2D eigenvalue weighted by atomic mass is 10.2. The highest BCUT2D eigenvalue weighted by Crippen LogP contribution is 2.34. The molecule has 0 saturated heterocycles.